The quantitative estimate of drug-likeness (QED) is 0.351. The molecule has 0 amide bonds. The number of aromatic amines is 1. The number of benzene rings is 2. The number of H-pyrrole nitrogens is 1. The average Bonchev–Trinajstić information content (AvgIpc) is 3.27. The van der Waals surface area contributed by atoms with E-state index in [0.717, 1.165) is 16.2 Å². The average molecular weight is 504 g/mol. The lowest BCUT2D eigenvalue weighted by Crippen LogP contribution is -2.39. The second-order valence-electron chi connectivity index (χ2n) is 7.94. The normalized spacial score (nSPS) is 11.6. The maximum atomic E-state index is 13.0. The number of halogens is 3. The summed E-state index contributed by atoms with van der Waals surface area (Å²) in [5.41, 5.74) is 0.226. The molecule has 0 spiro atoms. The highest BCUT2D eigenvalue weighted by Gasteiger charge is 2.31. The molecule has 0 saturated heterocycles. The summed E-state index contributed by atoms with van der Waals surface area (Å²) >= 11 is 0. The number of rotatable bonds is 9. The Kier molecular flexibility index (Phi) is 7.04. The van der Waals surface area contributed by atoms with Crippen molar-refractivity contribution in [2.45, 2.75) is 25.7 Å². The topological polar surface area (TPSA) is 100 Å². The van der Waals surface area contributed by atoms with E-state index in [-0.39, 0.29) is 35.8 Å². The predicted octanol–water partition coefficient (Wildman–Crippen LogP) is 3.39. The molecule has 2 aromatic carbocycles. The van der Waals surface area contributed by atoms with Crippen molar-refractivity contribution in [3.8, 4) is 17.2 Å². The van der Waals surface area contributed by atoms with Gasteiger partial charge < -0.3 is 19.2 Å². The Morgan fingerprint density at radius 3 is 2.44 bits per heavy atom. The lowest BCUT2D eigenvalue weighted by atomic mass is 10.2. The molecule has 0 aliphatic carbocycles. The zero-order valence-corrected chi connectivity index (χ0v) is 19.5. The van der Waals surface area contributed by atoms with Crippen LogP contribution in [-0.2, 0) is 20.0 Å². The van der Waals surface area contributed by atoms with Gasteiger partial charge in [-0.2, -0.15) is 0 Å². The lowest BCUT2D eigenvalue weighted by Gasteiger charge is -2.10. The van der Waals surface area contributed by atoms with Crippen LogP contribution in [0.5, 0.6) is 17.2 Å². The molecule has 0 bridgehead atoms. The van der Waals surface area contributed by atoms with Crippen molar-refractivity contribution in [3.63, 3.8) is 0 Å². The van der Waals surface area contributed by atoms with Crippen LogP contribution < -0.4 is 25.5 Å². The zero-order valence-electron chi connectivity index (χ0n) is 19.5. The number of nitrogens with one attached hydrogen (secondary N) is 1. The summed E-state index contributed by atoms with van der Waals surface area (Å²) in [4.78, 5) is 33.2. The van der Waals surface area contributed by atoms with Gasteiger partial charge in [-0.3, -0.25) is 13.9 Å². The molecule has 2 heterocycles. The first-order chi connectivity index (χ1) is 17.1. The highest BCUT2D eigenvalue weighted by Crippen LogP contribution is 2.26. The van der Waals surface area contributed by atoms with E-state index < -0.39 is 17.6 Å². The molecule has 1 N–H and O–H groups in total. The van der Waals surface area contributed by atoms with Crippen LogP contribution in [0.3, 0.4) is 0 Å². The Labute approximate surface area is 202 Å². The van der Waals surface area contributed by atoms with Gasteiger partial charge >= 0.3 is 12.1 Å². The fraction of sp³-hybridized carbons (Fsp3) is 0.292. The number of alkyl halides is 3. The summed E-state index contributed by atoms with van der Waals surface area (Å²) in [6.45, 7) is 0.276. The first kappa shape index (κ1) is 24.9. The van der Waals surface area contributed by atoms with Gasteiger partial charge in [0.25, 0.3) is 5.56 Å². The standard InChI is InChI=1S/C24H23F3N4O5/c1-30-21-20(22(32)31(23(30)33)14-15-8-10-16(34-2)11-9-15)28-19(29-21)7-4-12-35-17-5-3-6-18(13-17)36-24(25,26)27/h3,5-6,8-11,13H,4,7,12,14H2,1-2H3,(H,28,29). The molecule has 4 rings (SSSR count). The Hall–Kier alpha value is -4.22. The number of aromatic nitrogens is 4. The van der Waals surface area contributed by atoms with Gasteiger partial charge in [0.15, 0.2) is 5.65 Å². The highest BCUT2D eigenvalue weighted by atomic mass is 19.4. The Morgan fingerprint density at radius 2 is 1.75 bits per heavy atom. The molecule has 36 heavy (non-hydrogen) atoms. The molecule has 0 fully saturated rings. The molecule has 0 aliphatic heterocycles. The molecule has 9 nitrogen and oxygen atoms in total. The predicted molar refractivity (Wildman–Crippen MR) is 125 cm³/mol. The van der Waals surface area contributed by atoms with Crippen molar-refractivity contribution in [1.82, 2.24) is 19.1 Å². The van der Waals surface area contributed by atoms with Gasteiger partial charge in [-0.1, -0.05) is 18.2 Å². The smallest absolute Gasteiger partial charge is 0.497 e. The molecule has 2 aromatic heterocycles. The van der Waals surface area contributed by atoms with E-state index in [4.69, 9.17) is 9.47 Å². The molecule has 0 unspecified atom stereocenters. The van der Waals surface area contributed by atoms with Crippen LogP contribution in [-0.4, -0.2) is 39.2 Å². The monoisotopic (exact) mass is 504 g/mol. The second kappa shape index (κ2) is 10.2. The van der Waals surface area contributed by atoms with Crippen molar-refractivity contribution in [2.75, 3.05) is 13.7 Å². The van der Waals surface area contributed by atoms with Gasteiger partial charge in [0.05, 0.1) is 20.3 Å². The van der Waals surface area contributed by atoms with Crippen LogP contribution in [0.4, 0.5) is 13.2 Å². The van der Waals surface area contributed by atoms with Gasteiger partial charge in [0, 0.05) is 19.5 Å². The molecule has 0 aliphatic rings. The van der Waals surface area contributed by atoms with Crippen molar-refractivity contribution < 1.29 is 27.4 Å². The van der Waals surface area contributed by atoms with E-state index in [1.807, 2.05) is 0 Å². The maximum Gasteiger partial charge on any atom is 0.573 e. The van der Waals surface area contributed by atoms with E-state index >= 15 is 0 Å². The van der Waals surface area contributed by atoms with Crippen molar-refractivity contribution in [3.05, 3.63) is 80.8 Å². The minimum absolute atomic E-state index is 0.0880. The summed E-state index contributed by atoms with van der Waals surface area (Å²) in [5, 5.41) is 0. The van der Waals surface area contributed by atoms with Crippen LogP contribution in [0.15, 0.2) is 58.1 Å². The van der Waals surface area contributed by atoms with E-state index in [1.54, 1.807) is 38.4 Å². The number of nitrogens with zero attached hydrogens (tertiary/aromatic N) is 3. The number of hydrogen-bond acceptors (Lipinski definition) is 6. The Morgan fingerprint density at radius 1 is 1.03 bits per heavy atom. The number of ether oxygens (including phenoxy) is 3. The number of aryl methyl sites for hydroxylation is 2. The largest absolute Gasteiger partial charge is 0.573 e. The summed E-state index contributed by atoms with van der Waals surface area (Å²) in [6, 6.07) is 12.3. The highest BCUT2D eigenvalue weighted by molar-refractivity contribution is 5.69. The molecule has 190 valence electrons. The molecule has 0 radical (unpaired) electrons. The summed E-state index contributed by atoms with van der Waals surface area (Å²) in [5.74, 6) is 1.00. The SMILES string of the molecule is COc1ccc(Cn2c(=O)c3[nH]c(CCCOc4cccc(OC(F)(F)F)c4)nc3n(C)c2=O)cc1. The second-order valence-corrected chi connectivity index (χ2v) is 7.94. The van der Waals surface area contributed by atoms with Gasteiger partial charge in [-0.05, 0) is 36.2 Å². The van der Waals surface area contributed by atoms with Gasteiger partial charge in [-0.15, -0.1) is 13.2 Å². The van der Waals surface area contributed by atoms with Gasteiger partial charge in [0.2, 0.25) is 0 Å². The summed E-state index contributed by atoms with van der Waals surface area (Å²) in [7, 11) is 3.09. The van der Waals surface area contributed by atoms with Crippen molar-refractivity contribution in [2.24, 2.45) is 7.05 Å². The molecular formula is C24H23F3N4O5. The van der Waals surface area contributed by atoms with Crippen LogP contribution in [0.1, 0.15) is 17.8 Å². The zero-order chi connectivity index (χ0) is 25.9. The Bertz CT molecular complexity index is 1470. The minimum Gasteiger partial charge on any atom is -0.497 e. The number of hydrogen-bond donors (Lipinski definition) is 1. The fourth-order valence-corrected chi connectivity index (χ4v) is 3.66. The summed E-state index contributed by atoms with van der Waals surface area (Å²) < 4.78 is 54.1. The first-order valence-electron chi connectivity index (χ1n) is 10.9. The van der Waals surface area contributed by atoms with Crippen LogP contribution in [0.25, 0.3) is 11.2 Å². The molecule has 4 aromatic rings. The van der Waals surface area contributed by atoms with Crippen LogP contribution in [0, 0.1) is 0 Å². The fourth-order valence-electron chi connectivity index (χ4n) is 3.66. The van der Waals surface area contributed by atoms with E-state index in [2.05, 4.69) is 14.7 Å². The maximum absolute atomic E-state index is 13.0. The summed E-state index contributed by atoms with van der Waals surface area (Å²) in [6.07, 6.45) is -3.94. The third-order valence-corrected chi connectivity index (χ3v) is 5.39. The van der Waals surface area contributed by atoms with E-state index in [0.29, 0.717) is 24.4 Å². The first-order valence-corrected chi connectivity index (χ1v) is 10.9. The minimum atomic E-state index is -4.78. The third kappa shape index (κ3) is 5.70. The molecular weight excluding hydrogens is 481 g/mol. The van der Waals surface area contributed by atoms with Gasteiger partial charge in [-0.25, -0.2) is 9.78 Å². The van der Waals surface area contributed by atoms with Crippen LogP contribution >= 0.6 is 0 Å². The van der Waals surface area contributed by atoms with Crippen molar-refractivity contribution in [1.29, 1.82) is 0 Å². The third-order valence-electron chi connectivity index (χ3n) is 5.39. The molecule has 12 heteroatoms. The lowest BCUT2D eigenvalue weighted by molar-refractivity contribution is -0.274. The molecule has 0 saturated carbocycles. The van der Waals surface area contributed by atoms with E-state index in [1.165, 1.54) is 22.8 Å². The van der Waals surface area contributed by atoms with Gasteiger partial charge in [0.1, 0.15) is 28.6 Å². The molecule has 0 atom stereocenters. The number of methoxy groups -OCH3 is 1. The van der Waals surface area contributed by atoms with Crippen LogP contribution in [0.2, 0.25) is 0 Å². The number of imidazole rings is 1. The Balaban J connectivity index is 1.44. The van der Waals surface area contributed by atoms with E-state index in [9.17, 15) is 22.8 Å². The number of fused-ring (bicyclic) bond motifs is 1. The van der Waals surface area contributed by atoms with Crippen molar-refractivity contribution >= 4 is 11.2 Å².